The Hall–Kier alpha value is -1.36. The van der Waals surface area contributed by atoms with E-state index in [1.165, 1.54) is 0 Å². The number of amides is 1. The first-order chi connectivity index (χ1) is 11.0. The van der Waals surface area contributed by atoms with Crippen LogP contribution in [0.3, 0.4) is 0 Å². The average molecular weight is 351 g/mol. The molecule has 1 aromatic heterocycles. The Balaban J connectivity index is 1.95. The monoisotopic (exact) mass is 350 g/mol. The molecule has 0 fully saturated rings. The molecular weight excluding hydrogens is 328 g/mol. The molecule has 0 saturated heterocycles. The number of nitrogens with one attached hydrogen (secondary N) is 2. The Kier molecular flexibility index (Phi) is 6.63. The topological polar surface area (TPSA) is 41.1 Å². The van der Waals surface area contributed by atoms with E-state index < -0.39 is 0 Å². The molecule has 23 heavy (non-hydrogen) atoms. The smallest absolute Gasteiger partial charge is 0.237 e. The molecule has 5 heteroatoms. The highest BCUT2D eigenvalue weighted by atomic mass is 35.5. The van der Waals surface area contributed by atoms with Gasteiger partial charge in [0.1, 0.15) is 0 Å². The van der Waals surface area contributed by atoms with Crippen LogP contribution in [-0.4, -0.2) is 11.9 Å². The number of carbonyl (C=O) groups excluding carboxylic acids is 1. The predicted octanol–water partition coefficient (Wildman–Crippen LogP) is 4.39. The minimum Gasteiger partial charge on any atom is -0.350 e. The van der Waals surface area contributed by atoms with Crippen molar-refractivity contribution in [1.82, 2.24) is 10.6 Å². The summed E-state index contributed by atoms with van der Waals surface area (Å²) in [6, 6.07) is 11.6. The number of thiophene rings is 1. The summed E-state index contributed by atoms with van der Waals surface area (Å²) in [6.45, 7) is 6.76. The molecule has 0 saturated carbocycles. The molecule has 0 spiro atoms. The van der Waals surface area contributed by atoms with E-state index in [2.05, 4.69) is 24.5 Å². The van der Waals surface area contributed by atoms with Gasteiger partial charge in [-0.25, -0.2) is 0 Å². The molecule has 1 heterocycles. The molecule has 3 nitrogen and oxygen atoms in total. The zero-order valence-electron chi connectivity index (χ0n) is 13.7. The maximum atomic E-state index is 12.3. The third-order valence-corrected chi connectivity index (χ3v) is 4.86. The van der Waals surface area contributed by atoms with Gasteiger partial charge in [0.05, 0.1) is 12.6 Å². The van der Waals surface area contributed by atoms with Crippen LogP contribution in [0.15, 0.2) is 41.8 Å². The molecule has 0 aliphatic carbocycles. The third kappa shape index (κ3) is 5.34. The Morgan fingerprint density at radius 2 is 1.87 bits per heavy atom. The van der Waals surface area contributed by atoms with Crippen molar-refractivity contribution in [2.75, 3.05) is 0 Å². The molecule has 0 bridgehead atoms. The highest BCUT2D eigenvalue weighted by molar-refractivity contribution is 7.09. The van der Waals surface area contributed by atoms with Gasteiger partial charge in [-0.05, 0) is 42.0 Å². The summed E-state index contributed by atoms with van der Waals surface area (Å²) in [5.74, 6) is 0.377. The number of benzene rings is 1. The first-order valence-corrected chi connectivity index (χ1v) is 9.04. The highest BCUT2D eigenvalue weighted by Gasteiger charge is 2.21. The van der Waals surface area contributed by atoms with Crippen LogP contribution in [0.1, 0.15) is 37.3 Å². The van der Waals surface area contributed by atoms with E-state index in [9.17, 15) is 4.79 Å². The normalized spacial score (nSPS) is 13.8. The summed E-state index contributed by atoms with van der Waals surface area (Å²) in [4.78, 5) is 13.4. The molecule has 0 unspecified atom stereocenters. The second-order valence-electron chi connectivity index (χ2n) is 5.96. The summed E-state index contributed by atoms with van der Waals surface area (Å²) >= 11 is 7.60. The Morgan fingerprint density at radius 1 is 1.17 bits per heavy atom. The lowest BCUT2D eigenvalue weighted by Gasteiger charge is -2.26. The second-order valence-corrected chi connectivity index (χ2v) is 7.43. The van der Waals surface area contributed by atoms with E-state index in [0.29, 0.717) is 12.5 Å². The molecule has 0 aliphatic rings. The number of carbonyl (C=O) groups is 1. The van der Waals surface area contributed by atoms with Gasteiger partial charge in [-0.3, -0.25) is 10.1 Å². The highest BCUT2D eigenvalue weighted by Crippen LogP contribution is 2.23. The Labute approximate surface area is 147 Å². The van der Waals surface area contributed by atoms with Crippen LogP contribution >= 0.6 is 22.9 Å². The zero-order valence-corrected chi connectivity index (χ0v) is 15.2. The van der Waals surface area contributed by atoms with Gasteiger partial charge in [0, 0.05) is 15.9 Å². The molecule has 2 N–H and O–H groups in total. The van der Waals surface area contributed by atoms with Crippen LogP contribution in [0.4, 0.5) is 0 Å². The SMILES string of the molecule is CC(C)[C@H](N[C@H](C)C(=O)NCc1cccs1)c1ccc(Cl)cc1. The Bertz CT molecular complexity index is 610. The molecule has 124 valence electrons. The van der Waals surface area contributed by atoms with E-state index in [-0.39, 0.29) is 18.0 Å². The molecule has 0 radical (unpaired) electrons. The van der Waals surface area contributed by atoms with Crippen LogP contribution in [0.5, 0.6) is 0 Å². The average Bonchev–Trinajstić information content (AvgIpc) is 3.04. The van der Waals surface area contributed by atoms with Crippen molar-refractivity contribution in [3.05, 3.63) is 57.2 Å². The van der Waals surface area contributed by atoms with Crippen molar-refractivity contribution in [3.63, 3.8) is 0 Å². The fraction of sp³-hybridized carbons (Fsp3) is 0.389. The molecule has 0 aliphatic heterocycles. The Morgan fingerprint density at radius 3 is 2.43 bits per heavy atom. The van der Waals surface area contributed by atoms with Crippen LogP contribution in [-0.2, 0) is 11.3 Å². The summed E-state index contributed by atoms with van der Waals surface area (Å²) in [6.07, 6.45) is 0. The van der Waals surface area contributed by atoms with Crippen LogP contribution < -0.4 is 10.6 Å². The lowest BCUT2D eigenvalue weighted by Crippen LogP contribution is -2.44. The van der Waals surface area contributed by atoms with Gasteiger partial charge in [-0.2, -0.15) is 0 Å². The van der Waals surface area contributed by atoms with E-state index in [0.717, 1.165) is 15.5 Å². The molecule has 2 aromatic rings. The minimum absolute atomic E-state index is 0.0120. The molecule has 1 aromatic carbocycles. The lowest BCUT2D eigenvalue weighted by atomic mass is 9.95. The standard InChI is InChI=1S/C18H23ClN2OS/c1-12(2)17(14-6-8-15(19)9-7-14)21-13(3)18(22)20-11-16-5-4-10-23-16/h4-10,12-13,17,21H,11H2,1-3H3,(H,20,22)/t13-,17+/m1/s1. The van der Waals surface area contributed by atoms with E-state index in [1.54, 1.807) is 11.3 Å². The van der Waals surface area contributed by atoms with Crippen molar-refractivity contribution >= 4 is 28.8 Å². The van der Waals surface area contributed by atoms with Crippen molar-refractivity contribution in [1.29, 1.82) is 0 Å². The van der Waals surface area contributed by atoms with Crippen LogP contribution in [0.2, 0.25) is 5.02 Å². The zero-order chi connectivity index (χ0) is 16.8. The van der Waals surface area contributed by atoms with E-state index in [1.807, 2.05) is 48.7 Å². The van der Waals surface area contributed by atoms with Crippen molar-refractivity contribution in [3.8, 4) is 0 Å². The maximum absolute atomic E-state index is 12.3. The fourth-order valence-corrected chi connectivity index (χ4v) is 3.20. The quantitative estimate of drug-likeness (QED) is 0.777. The minimum atomic E-state index is -0.266. The van der Waals surface area contributed by atoms with Crippen LogP contribution in [0, 0.1) is 5.92 Å². The third-order valence-electron chi connectivity index (χ3n) is 3.74. The number of hydrogen-bond acceptors (Lipinski definition) is 3. The van der Waals surface area contributed by atoms with E-state index in [4.69, 9.17) is 11.6 Å². The van der Waals surface area contributed by atoms with Crippen molar-refractivity contribution < 1.29 is 4.79 Å². The largest absolute Gasteiger partial charge is 0.350 e. The summed E-state index contributed by atoms with van der Waals surface area (Å²) in [5, 5.41) is 9.14. The predicted molar refractivity (Wildman–Crippen MR) is 97.8 cm³/mol. The first kappa shape index (κ1) is 18.0. The molecule has 2 rings (SSSR count). The van der Waals surface area contributed by atoms with Gasteiger partial charge in [0.2, 0.25) is 5.91 Å². The maximum Gasteiger partial charge on any atom is 0.237 e. The van der Waals surface area contributed by atoms with Gasteiger partial charge in [0.25, 0.3) is 0 Å². The number of rotatable bonds is 7. The number of halogens is 1. The molecule has 2 atom stereocenters. The second kappa shape index (κ2) is 8.48. The van der Waals surface area contributed by atoms with Gasteiger partial charge in [-0.15, -0.1) is 11.3 Å². The summed E-state index contributed by atoms with van der Waals surface area (Å²) in [5.41, 5.74) is 1.14. The fourth-order valence-electron chi connectivity index (χ4n) is 2.43. The lowest BCUT2D eigenvalue weighted by molar-refractivity contribution is -0.123. The van der Waals surface area contributed by atoms with Gasteiger partial charge < -0.3 is 5.32 Å². The van der Waals surface area contributed by atoms with E-state index >= 15 is 0 Å². The van der Waals surface area contributed by atoms with Crippen molar-refractivity contribution in [2.45, 2.75) is 39.4 Å². The van der Waals surface area contributed by atoms with Crippen molar-refractivity contribution in [2.24, 2.45) is 5.92 Å². The molecular formula is C18H23ClN2OS. The molecule has 1 amide bonds. The van der Waals surface area contributed by atoms with Gasteiger partial charge in [0.15, 0.2) is 0 Å². The number of hydrogen-bond donors (Lipinski definition) is 2. The summed E-state index contributed by atoms with van der Waals surface area (Å²) in [7, 11) is 0. The first-order valence-electron chi connectivity index (χ1n) is 7.79. The summed E-state index contributed by atoms with van der Waals surface area (Å²) < 4.78 is 0. The van der Waals surface area contributed by atoms with Gasteiger partial charge in [-0.1, -0.05) is 43.6 Å². The van der Waals surface area contributed by atoms with Crippen LogP contribution in [0.25, 0.3) is 0 Å². The van der Waals surface area contributed by atoms with Gasteiger partial charge >= 0.3 is 0 Å².